The number of hydrogen-bond acceptors (Lipinski definition) is 5. The Morgan fingerprint density at radius 2 is 1.67 bits per heavy atom. The Morgan fingerprint density at radius 3 is 2.27 bits per heavy atom. The third-order valence-electron chi connectivity index (χ3n) is 6.02. The summed E-state index contributed by atoms with van der Waals surface area (Å²) in [6.07, 6.45) is 4.75. The summed E-state index contributed by atoms with van der Waals surface area (Å²) in [6.45, 7) is 2.03. The summed E-state index contributed by atoms with van der Waals surface area (Å²) in [5.41, 5.74) is 0.911. The zero-order chi connectivity index (χ0) is 23.6. The molecule has 1 aliphatic rings. The molecule has 2 aromatic rings. The molecule has 0 saturated heterocycles. The maximum Gasteiger partial charge on any atom is 0.261 e. The summed E-state index contributed by atoms with van der Waals surface area (Å²) in [4.78, 5) is 28.1. The predicted molar refractivity (Wildman–Crippen MR) is 127 cm³/mol. The second-order valence-corrected chi connectivity index (χ2v) is 8.22. The van der Waals surface area contributed by atoms with Gasteiger partial charge in [-0.15, -0.1) is 0 Å². The number of rotatable bonds is 11. The molecule has 0 spiro atoms. The fourth-order valence-corrected chi connectivity index (χ4v) is 4.18. The van der Waals surface area contributed by atoms with Crippen LogP contribution in [-0.2, 0) is 16.1 Å². The van der Waals surface area contributed by atoms with Crippen LogP contribution in [0.15, 0.2) is 48.5 Å². The molecule has 2 aromatic carbocycles. The molecule has 7 heteroatoms. The molecule has 0 aliphatic heterocycles. The van der Waals surface area contributed by atoms with Crippen LogP contribution in [0.4, 0.5) is 0 Å². The van der Waals surface area contributed by atoms with Crippen LogP contribution in [0.5, 0.6) is 17.2 Å². The molecule has 1 atom stereocenters. The Hall–Kier alpha value is -3.22. The Bertz CT molecular complexity index is 909. The van der Waals surface area contributed by atoms with Crippen LogP contribution in [0.3, 0.4) is 0 Å². The molecule has 1 fully saturated rings. The van der Waals surface area contributed by atoms with E-state index in [1.807, 2.05) is 43.3 Å². The van der Waals surface area contributed by atoms with Gasteiger partial charge in [-0.05, 0) is 49.1 Å². The van der Waals surface area contributed by atoms with E-state index in [4.69, 9.17) is 14.2 Å². The van der Waals surface area contributed by atoms with Crippen LogP contribution in [0.1, 0.15) is 44.6 Å². The standard InChI is InChI=1S/C26H34N2O5/c1-4-22(26(30)27-20-9-5-6-10-20)28(17-19-13-15-21(31-2)16-14-19)25(29)18-33-24-12-8-7-11-23(24)32-3/h7-8,11-16,20,22H,4-6,9-10,17-18H2,1-3H3,(H,27,30)/t22-/m1/s1. The van der Waals surface area contributed by atoms with Crippen molar-refractivity contribution < 1.29 is 23.8 Å². The number of amides is 2. The van der Waals surface area contributed by atoms with E-state index < -0.39 is 6.04 Å². The van der Waals surface area contributed by atoms with Gasteiger partial charge in [-0.3, -0.25) is 9.59 Å². The first-order valence-corrected chi connectivity index (χ1v) is 11.5. The number of carbonyl (C=O) groups excluding carboxylic acids is 2. The Kier molecular flexibility index (Phi) is 8.98. The number of para-hydroxylation sites is 2. The van der Waals surface area contributed by atoms with Gasteiger partial charge in [0.25, 0.3) is 5.91 Å². The summed E-state index contributed by atoms with van der Waals surface area (Å²) in [5.74, 6) is 1.41. The Morgan fingerprint density at radius 1 is 1.00 bits per heavy atom. The third kappa shape index (κ3) is 6.63. The summed E-state index contributed by atoms with van der Waals surface area (Å²) in [6, 6.07) is 14.3. The van der Waals surface area contributed by atoms with Gasteiger partial charge < -0.3 is 24.4 Å². The van der Waals surface area contributed by atoms with Crippen LogP contribution in [-0.4, -0.2) is 49.6 Å². The monoisotopic (exact) mass is 454 g/mol. The van der Waals surface area contributed by atoms with Crippen molar-refractivity contribution in [3.05, 3.63) is 54.1 Å². The number of hydrogen-bond donors (Lipinski definition) is 1. The first kappa shape index (κ1) is 24.4. The molecule has 3 rings (SSSR count). The van der Waals surface area contributed by atoms with Crippen molar-refractivity contribution in [3.63, 3.8) is 0 Å². The van der Waals surface area contributed by atoms with Crippen molar-refractivity contribution in [2.45, 2.75) is 57.7 Å². The molecule has 1 saturated carbocycles. The van der Waals surface area contributed by atoms with Gasteiger partial charge in [0.2, 0.25) is 5.91 Å². The highest BCUT2D eigenvalue weighted by molar-refractivity contribution is 5.88. The van der Waals surface area contributed by atoms with Crippen LogP contribution in [0.25, 0.3) is 0 Å². The summed E-state index contributed by atoms with van der Waals surface area (Å²) in [7, 11) is 3.17. The summed E-state index contributed by atoms with van der Waals surface area (Å²) < 4.78 is 16.3. The average Bonchev–Trinajstić information content (AvgIpc) is 3.36. The minimum Gasteiger partial charge on any atom is -0.497 e. The lowest BCUT2D eigenvalue weighted by Crippen LogP contribution is -2.52. The topological polar surface area (TPSA) is 77.1 Å². The van der Waals surface area contributed by atoms with E-state index in [9.17, 15) is 9.59 Å². The maximum atomic E-state index is 13.3. The minimum absolute atomic E-state index is 0.108. The van der Waals surface area contributed by atoms with Gasteiger partial charge in [0, 0.05) is 12.6 Å². The third-order valence-corrected chi connectivity index (χ3v) is 6.02. The SMILES string of the molecule is CC[C@H](C(=O)NC1CCCC1)N(Cc1ccc(OC)cc1)C(=O)COc1ccccc1OC. The molecular weight excluding hydrogens is 420 g/mol. The molecule has 0 bridgehead atoms. The lowest BCUT2D eigenvalue weighted by molar-refractivity contribution is -0.143. The number of carbonyl (C=O) groups is 2. The normalized spacial score (nSPS) is 14.4. The van der Waals surface area contributed by atoms with E-state index in [0.29, 0.717) is 24.5 Å². The van der Waals surface area contributed by atoms with E-state index in [2.05, 4.69) is 5.32 Å². The fraction of sp³-hybridized carbons (Fsp3) is 0.462. The highest BCUT2D eigenvalue weighted by Crippen LogP contribution is 2.26. The summed E-state index contributed by atoms with van der Waals surface area (Å²) >= 11 is 0. The smallest absolute Gasteiger partial charge is 0.261 e. The number of ether oxygens (including phenoxy) is 3. The molecule has 33 heavy (non-hydrogen) atoms. The molecule has 0 radical (unpaired) electrons. The largest absolute Gasteiger partial charge is 0.497 e. The minimum atomic E-state index is -0.582. The highest BCUT2D eigenvalue weighted by atomic mass is 16.5. The average molecular weight is 455 g/mol. The van der Waals surface area contributed by atoms with Crippen molar-refractivity contribution in [1.82, 2.24) is 10.2 Å². The van der Waals surface area contributed by atoms with Crippen molar-refractivity contribution in [2.75, 3.05) is 20.8 Å². The molecule has 2 amide bonds. The van der Waals surface area contributed by atoms with E-state index >= 15 is 0 Å². The van der Waals surface area contributed by atoms with Gasteiger partial charge >= 0.3 is 0 Å². The molecular formula is C26H34N2O5. The van der Waals surface area contributed by atoms with Gasteiger partial charge in [0.15, 0.2) is 18.1 Å². The van der Waals surface area contributed by atoms with Gasteiger partial charge in [-0.1, -0.05) is 44.0 Å². The molecule has 178 valence electrons. The van der Waals surface area contributed by atoms with Gasteiger partial charge in [0.05, 0.1) is 14.2 Å². The lowest BCUT2D eigenvalue weighted by atomic mass is 10.1. The molecule has 1 N–H and O–H groups in total. The molecule has 7 nitrogen and oxygen atoms in total. The van der Waals surface area contributed by atoms with Crippen LogP contribution in [0.2, 0.25) is 0 Å². The lowest BCUT2D eigenvalue weighted by Gasteiger charge is -2.31. The van der Waals surface area contributed by atoms with Crippen LogP contribution in [0, 0.1) is 0 Å². The van der Waals surface area contributed by atoms with Gasteiger partial charge in [-0.2, -0.15) is 0 Å². The zero-order valence-electron chi connectivity index (χ0n) is 19.7. The Labute approximate surface area is 196 Å². The number of benzene rings is 2. The van der Waals surface area contributed by atoms with E-state index in [1.165, 1.54) is 0 Å². The molecule has 0 aromatic heterocycles. The van der Waals surface area contributed by atoms with Gasteiger partial charge in [0.1, 0.15) is 11.8 Å². The Balaban J connectivity index is 1.77. The highest BCUT2D eigenvalue weighted by Gasteiger charge is 2.31. The number of methoxy groups -OCH3 is 2. The fourth-order valence-electron chi connectivity index (χ4n) is 4.18. The van der Waals surface area contributed by atoms with E-state index in [-0.39, 0.29) is 24.5 Å². The van der Waals surface area contributed by atoms with Crippen molar-refractivity contribution >= 4 is 11.8 Å². The number of nitrogens with one attached hydrogen (secondary N) is 1. The molecule has 0 unspecified atom stereocenters. The van der Waals surface area contributed by atoms with Crippen molar-refractivity contribution in [1.29, 1.82) is 0 Å². The van der Waals surface area contributed by atoms with E-state index in [0.717, 1.165) is 37.0 Å². The first-order valence-electron chi connectivity index (χ1n) is 11.5. The quantitative estimate of drug-likeness (QED) is 0.556. The van der Waals surface area contributed by atoms with Crippen molar-refractivity contribution in [2.24, 2.45) is 0 Å². The molecule has 1 aliphatic carbocycles. The second-order valence-electron chi connectivity index (χ2n) is 8.22. The zero-order valence-corrected chi connectivity index (χ0v) is 19.7. The van der Waals surface area contributed by atoms with Gasteiger partial charge in [-0.25, -0.2) is 0 Å². The van der Waals surface area contributed by atoms with E-state index in [1.54, 1.807) is 31.3 Å². The maximum absolute atomic E-state index is 13.3. The molecule has 0 heterocycles. The van der Waals surface area contributed by atoms with Crippen molar-refractivity contribution in [3.8, 4) is 17.2 Å². The van der Waals surface area contributed by atoms with Crippen LogP contribution < -0.4 is 19.5 Å². The summed E-state index contributed by atoms with van der Waals surface area (Å²) in [5, 5.41) is 3.15. The van der Waals surface area contributed by atoms with Crippen LogP contribution >= 0.6 is 0 Å². The second kappa shape index (κ2) is 12.1. The first-order chi connectivity index (χ1) is 16.0. The number of nitrogens with zero attached hydrogens (tertiary/aromatic N) is 1. The predicted octanol–water partition coefficient (Wildman–Crippen LogP) is 3.95.